The van der Waals surface area contributed by atoms with E-state index in [-0.39, 0.29) is 17.9 Å². The van der Waals surface area contributed by atoms with Crippen molar-refractivity contribution in [2.75, 3.05) is 24.7 Å². The molecule has 10 nitrogen and oxygen atoms in total. The van der Waals surface area contributed by atoms with Crippen molar-refractivity contribution in [3.8, 4) is 23.2 Å². The fraction of sp³-hybridized carbons (Fsp3) is 0.400. The first-order valence-electron chi connectivity index (χ1n) is 9.86. The maximum atomic E-state index is 12.0. The summed E-state index contributed by atoms with van der Waals surface area (Å²) < 4.78 is 33.4. The number of aromatic nitrogens is 4. The van der Waals surface area contributed by atoms with Gasteiger partial charge in [0, 0.05) is 23.3 Å². The fourth-order valence-electron chi connectivity index (χ4n) is 4.17. The third-order valence-electron chi connectivity index (χ3n) is 5.69. The number of pyridine rings is 1. The zero-order valence-corrected chi connectivity index (χ0v) is 17.7. The lowest BCUT2D eigenvalue weighted by Crippen LogP contribution is -2.56. The summed E-state index contributed by atoms with van der Waals surface area (Å²) in [6.07, 6.45) is 3.21. The number of rotatable bonds is 3. The van der Waals surface area contributed by atoms with Crippen molar-refractivity contribution in [1.82, 2.24) is 19.9 Å². The van der Waals surface area contributed by atoms with Gasteiger partial charge in [0.1, 0.15) is 29.3 Å². The Morgan fingerprint density at radius 1 is 1.39 bits per heavy atom. The molecular formula is C20H20N6O4S. The third kappa shape index (κ3) is 3.15. The SMILES string of the molecule is CC1COCC2COc3c(C(C)S(=O)O)nc(-c4c(C#N)cnc5[nH]ccc45)nc3N12. The van der Waals surface area contributed by atoms with Gasteiger partial charge in [0.15, 0.2) is 28.5 Å². The lowest BCUT2D eigenvalue weighted by atomic mass is 10.1. The van der Waals surface area contributed by atoms with Gasteiger partial charge in [-0.25, -0.2) is 19.2 Å². The summed E-state index contributed by atoms with van der Waals surface area (Å²) in [6.45, 7) is 5.06. The Morgan fingerprint density at radius 2 is 2.23 bits per heavy atom. The molecule has 0 amide bonds. The highest BCUT2D eigenvalue weighted by Crippen LogP contribution is 2.42. The minimum atomic E-state index is -2.17. The molecule has 1 saturated heterocycles. The average molecular weight is 440 g/mol. The van der Waals surface area contributed by atoms with Crippen molar-refractivity contribution in [3.63, 3.8) is 0 Å². The predicted octanol–water partition coefficient (Wildman–Crippen LogP) is 2.16. The van der Waals surface area contributed by atoms with E-state index in [2.05, 4.69) is 25.9 Å². The minimum absolute atomic E-state index is 0.0260. The molecule has 4 unspecified atom stereocenters. The second-order valence-corrected chi connectivity index (χ2v) is 8.92. The summed E-state index contributed by atoms with van der Waals surface area (Å²) in [6, 6.07) is 3.98. The second kappa shape index (κ2) is 7.56. The number of H-pyrrole nitrogens is 1. The molecule has 2 aliphatic heterocycles. The van der Waals surface area contributed by atoms with Crippen LogP contribution >= 0.6 is 0 Å². The number of ether oxygens (including phenoxy) is 2. The number of hydrogen-bond acceptors (Lipinski definition) is 8. The highest BCUT2D eigenvalue weighted by Gasteiger charge is 2.39. The first-order chi connectivity index (χ1) is 15.0. The van der Waals surface area contributed by atoms with Crippen molar-refractivity contribution in [2.24, 2.45) is 0 Å². The van der Waals surface area contributed by atoms with Crippen molar-refractivity contribution in [3.05, 3.63) is 29.7 Å². The molecule has 5 rings (SSSR count). The van der Waals surface area contributed by atoms with E-state index in [4.69, 9.17) is 14.5 Å². The normalized spacial score (nSPS) is 22.2. The van der Waals surface area contributed by atoms with Gasteiger partial charge >= 0.3 is 0 Å². The van der Waals surface area contributed by atoms with Crippen LogP contribution in [0.5, 0.6) is 5.75 Å². The molecule has 5 heterocycles. The molecule has 4 atom stereocenters. The number of hydrogen-bond donors (Lipinski definition) is 2. The van der Waals surface area contributed by atoms with Gasteiger partial charge < -0.3 is 23.9 Å². The van der Waals surface area contributed by atoms with Crippen molar-refractivity contribution in [2.45, 2.75) is 31.2 Å². The Bertz CT molecular complexity index is 1240. The van der Waals surface area contributed by atoms with Crippen LogP contribution in [0, 0.1) is 11.3 Å². The molecule has 2 aliphatic rings. The number of nitrogens with one attached hydrogen (secondary N) is 1. The van der Waals surface area contributed by atoms with E-state index < -0.39 is 16.3 Å². The van der Waals surface area contributed by atoms with Crippen molar-refractivity contribution >= 4 is 27.9 Å². The van der Waals surface area contributed by atoms with Gasteiger partial charge in [0.25, 0.3) is 0 Å². The van der Waals surface area contributed by atoms with Gasteiger partial charge in [-0.1, -0.05) is 0 Å². The highest BCUT2D eigenvalue weighted by atomic mass is 32.2. The van der Waals surface area contributed by atoms with E-state index in [1.54, 1.807) is 13.1 Å². The average Bonchev–Trinajstić information content (AvgIpc) is 3.25. The molecule has 0 aromatic carbocycles. The van der Waals surface area contributed by atoms with E-state index in [1.165, 1.54) is 6.20 Å². The van der Waals surface area contributed by atoms with Gasteiger partial charge in [-0.2, -0.15) is 5.26 Å². The summed E-state index contributed by atoms with van der Waals surface area (Å²) in [7, 11) is 0. The first-order valence-corrected chi connectivity index (χ1v) is 11.0. The van der Waals surface area contributed by atoms with Crippen LogP contribution in [0.25, 0.3) is 22.4 Å². The number of aromatic amines is 1. The Morgan fingerprint density at radius 3 is 3.00 bits per heavy atom. The Labute approximate surface area is 180 Å². The number of fused-ring (bicyclic) bond motifs is 4. The van der Waals surface area contributed by atoms with Crippen LogP contribution < -0.4 is 9.64 Å². The van der Waals surface area contributed by atoms with E-state index >= 15 is 0 Å². The van der Waals surface area contributed by atoms with Crippen LogP contribution in [0.4, 0.5) is 5.82 Å². The van der Waals surface area contributed by atoms with Crippen LogP contribution in [-0.4, -0.2) is 60.6 Å². The zero-order valence-electron chi connectivity index (χ0n) is 16.9. The number of nitriles is 1. The summed E-state index contributed by atoms with van der Waals surface area (Å²) in [5.41, 5.74) is 1.78. The quantitative estimate of drug-likeness (QED) is 0.587. The van der Waals surface area contributed by atoms with E-state index in [9.17, 15) is 14.0 Å². The third-order valence-corrected chi connectivity index (χ3v) is 6.52. The van der Waals surface area contributed by atoms with Crippen LogP contribution in [0.2, 0.25) is 0 Å². The Balaban J connectivity index is 1.80. The van der Waals surface area contributed by atoms with E-state index in [0.717, 1.165) is 0 Å². The van der Waals surface area contributed by atoms with Gasteiger partial charge in [-0.3, -0.25) is 0 Å². The molecule has 3 aromatic rings. The lowest BCUT2D eigenvalue weighted by Gasteiger charge is -2.44. The number of morpholine rings is 1. The molecule has 2 N–H and O–H groups in total. The Kier molecular flexibility index (Phi) is 4.85. The molecule has 0 aliphatic carbocycles. The molecule has 31 heavy (non-hydrogen) atoms. The Hall–Kier alpha value is -3.07. The van der Waals surface area contributed by atoms with E-state index in [0.29, 0.717) is 59.2 Å². The van der Waals surface area contributed by atoms with Gasteiger partial charge in [0.2, 0.25) is 0 Å². The molecule has 3 aromatic heterocycles. The maximum Gasteiger partial charge on any atom is 0.184 e. The molecule has 0 bridgehead atoms. The number of nitrogens with zero attached hydrogens (tertiary/aromatic N) is 5. The zero-order chi connectivity index (χ0) is 21.7. The standard InChI is InChI=1S/C20H20N6O4S/c1-10-7-29-8-13-9-30-17-16(11(2)31(27)28)24-19(25-20(17)26(10)13)15-12(5-21)6-23-18-14(15)3-4-22-18/h3-4,6,10-11,13H,7-9H2,1-2H3,(H,22,23)(H,27,28). The second-order valence-electron chi connectivity index (χ2n) is 7.66. The summed E-state index contributed by atoms with van der Waals surface area (Å²) in [4.78, 5) is 18.9. The molecular weight excluding hydrogens is 420 g/mol. The van der Waals surface area contributed by atoms with Gasteiger partial charge in [-0.15, -0.1) is 0 Å². The largest absolute Gasteiger partial charge is 0.486 e. The molecule has 0 spiro atoms. The smallest absolute Gasteiger partial charge is 0.184 e. The van der Waals surface area contributed by atoms with Crippen LogP contribution in [0.15, 0.2) is 18.5 Å². The maximum absolute atomic E-state index is 12.0. The molecule has 0 saturated carbocycles. The summed E-state index contributed by atoms with van der Waals surface area (Å²) >= 11 is -2.17. The lowest BCUT2D eigenvalue weighted by molar-refractivity contribution is 0.0484. The van der Waals surface area contributed by atoms with Crippen molar-refractivity contribution in [1.29, 1.82) is 5.26 Å². The summed E-state index contributed by atoms with van der Waals surface area (Å²) in [5, 5.41) is 9.61. The molecule has 160 valence electrons. The first kappa shape index (κ1) is 19.9. The van der Waals surface area contributed by atoms with E-state index in [1.807, 2.05) is 13.0 Å². The van der Waals surface area contributed by atoms with Crippen molar-refractivity contribution < 1.29 is 18.2 Å². The fourth-order valence-corrected chi connectivity index (χ4v) is 4.52. The molecule has 11 heteroatoms. The molecule has 0 radical (unpaired) electrons. The van der Waals surface area contributed by atoms with Crippen LogP contribution in [0.1, 0.15) is 30.4 Å². The molecule has 1 fully saturated rings. The monoisotopic (exact) mass is 440 g/mol. The number of anilines is 1. The summed E-state index contributed by atoms with van der Waals surface area (Å²) in [5.74, 6) is 1.24. The van der Waals surface area contributed by atoms with Gasteiger partial charge in [0.05, 0.1) is 30.9 Å². The highest BCUT2D eigenvalue weighted by molar-refractivity contribution is 7.79. The predicted molar refractivity (Wildman–Crippen MR) is 113 cm³/mol. The minimum Gasteiger partial charge on any atom is -0.486 e. The van der Waals surface area contributed by atoms with Crippen LogP contribution in [0.3, 0.4) is 0 Å². The van der Waals surface area contributed by atoms with Gasteiger partial charge in [-0.05, 0) is 19.9 Å². The topological polar surface area (TPSA) is 137 Å². The van der Waals surface area contributed by atoms with Crippen LogP contribution in [-0.2, 0) is 15.8 Å².